The van der Waals surface area contributed by atoms with Gasteiger partial charge in [0, 0.05) is 38.4 Å². The fourth-order valence-electron chi connectivity index (χ4n) is 9.19. The van der Waals surface area contributed by atoms with Crippen molar-refractivity contribution in [3.05, 3.63) is 193 Å². The second-order valence-corrected chi connectivity index (χ2v) is 15.1. The summed E-state index contributed by atoms with van der Waals surface area (Å²) in [4.78, 5) is 15.9. The van der Waals surface area contributed by atoms with E-state index in [-0.39, 0.29) is 0 Å². The number of benzene rings is 8. The molecule has 5 nitrogen and oxygen atoms in total. The number of fused-ring (bicyclic) bond motifs is 8. The maximum atomic E-state index is 5.35. The van der Waals surface area contributed by atoms with E-state index in [0.29, 0.717) is 17.6 Å². The van der Waals surface area contributed by atoms with E-state index < -0.39 is 0 Å². The van der Waals surface area contributed by atoms with Gasteiger partial charge in [-0.2, -0.15) is 9.97 Å². The molecule has 0 radical (unpaired) electrons. The summed E-state index contributed by atoms with van der Waals surface area (Å²) in [6.45, 7) is 0. The second kappa shape index (κ2) is 13.0. The van der Waals surface area contributed by atoms with Crippen LogP contribution in [-0.2, 0) is 6.42 Å². The Morgan fingerprint density at radius 2 is 1.03 bits per heavy atom. The Kier molecular flexibility index (Phi) is 7.29. The summed E-state index contributed by atoms with van der Waals surface area (Å²) in [5.74, 6) is 1.94. The molecular formula is C53H35N5. The Bertz CT molecular complexity index is 3460. The first-order valence-electron chi connectivity index (χ1n) is 19.9. The molecule has 3 aromatic heterocycles. The molecule has 0 atom stereocenters. The van der Waals surface area contributed by atoms with Gasteiger partial charge in [-0.1, -0.05) is 146 Å². The van der Waals surface area contributed by atoms with Crippen LogP contribution < -0.4 is 0 Å². The van der Waals surface area contributed by atoms with Crippen molar-refractivity contribution < 1.29 is 0 Å². The minimum Gasteiger partial charge on any atom is -0.309 e. The summed E-state index contributed by atoms with van der Waals surface area (Å²) >= 11 is 0. The first kappa shape index (κ1) is 32.6. The van der Waals surface area contributed by atoms with Crippen molar-refractivity contribution in [2.75, 3.05) is 0 Å². The van der Waals surface area contributed by atoms with Crippen molar-refractivity contribution >= 4 is 60.5 Å². The van der Waals surface area contributed by atoms with E-state index in [9.17, 15) is 0 Å². The molecule has 0 saturated heterocycles. The van der Waals surface area contributed by atoms with Gasteiger partial charge in [0.1, 0.15) is 0 Å². The lowest BCUT2D eigenvalue weighted by atomic mass is 9.92. The van der Waals surface area contributed by atoms with Crippen molar-refractivity contribution in [3.63, 3.8) is 0 Å². The van der Waals surface area contributed by atoms with Crippen LogP contribution in [0.1, 0.15) is 17.5 Å². The third-order valence-corrected chi connectivity index (χ3v) is 11.9. The Morgan fingerprint density at radius 1 is 0.414 bits per heavy atom. The minimum atomic E-state index is 0.602. The predicted octanol–water partition coefficient (Wildman–Crippen LogP) is 13.2. The Morgan fingerprint density at radius 3 is 1.90 bits per heavy atom. The van der Waals surface area contributed by atoms with E-state index in [4.69, 9.17) is 15.0 Å². The number of allylic oxidation sites excluding steroid dienone is 1. The number of hydrogen-bond acceptors (Lipinski definition) is 3. The van der Waals surface area contributed by atoms with Gasteiger partial charge in [0.15, 0.2) is 11.6 Å². The molecule has 8 aromatic carbocycles. The van der Waals surface area contributed by atoms with Gasteiger partial charge < -0.3 is 4.57 Å². The third-order valence-electron chi connectivity index (χ3n) is 11.9. The summed E-state index contributed by atoms with van der Waals surface area (Å²) < 4.78 is 4.60. The average Bonchev–Trinajstić information content (AvgIpc) is 3.81. The maximum Gasteiger partial charge on any atom is 0.238 e. The molecule has 5 heteroatoms. The largest absolute Gasteiger partial charge is 0.309 e. The van der Waals surface area contributed by atoms with Crippen LogP contribution in [0.2, 0.25) is 0 Å². The van der Waals surface area contributed by atoms with E-state index in [2.05, 4.69) is 197 Å². The van der Waals surface area contributed by atoms with Crippen molar-refractivity contribution in [3.8, 4) is 45.5 Å². The van der Waals surface area contributed by atoms with Gasteiger partial charge in [-0.25, -0.2) is 4.98 Å². The molecule has 12 rings (SSSR count). The van der Waals surface area contributed by atoms with Gasteiger partial charge in [0.05, 0.1) is 22.1 Å². The molecule has 0 N–H and O–H groups in total. The van der Waals surface area contributed by atoms with Crippen LogP contribution in [0.15, 0.2) is 182 Å². The van der Waals surface area contributed by atoms with Crippen molar-refractivity contribution in [1.82, 2.24) is 24.1 Å². The smallest absolute Gasteiger partial charge is 0.238 e. The summed E-state index contributed by atoms with van der Waals surface area (Å²) in [7, 11) is 0. The van der Waals surface area contributed by atoms with E-state index in [1.54, 1.807) is 0 Å². The van der Waals surface area contributed by atoms with Gasteiger partial charge in [-0.15, -0.1) is 0 Å². The maximum absolute atomic E-state index is 5.35. The highest BCUT2D eigenvalue weighted by molar-refractivity contribution is 6.12. The lowest BCUT2D eigenvalue weighted by Crippen LogP contribution is -2.08. The van der Waals surface area contributed by atoms with E-state index in [0.717, 1.165) is 73.4 Å². The van der Waals surface area contributed by atoms with Crippen LogP contribution in [0, 0.1) is 0 Å². The Hall–Kier alpha value is -7.63. The molecular weight excluding hydrogens is 707 g/mol. The van der Waals surface area contributed by atoms with Crippen molar-refractivity contribution in [1.29, 1.82) is 0 Å². The van der Waals surface area contributed by atoms with Gasteiger partial charge in [-0.05, 0) is 88.3 Å². The number of para-hydroxylation sites is 3. The zero-order chi connectivity index (χ0) is 38.2. The van der Waals surface area contributed by atoms with E-state index in [1.165, 1.54) is 32.9 Å². The lowest BCUT2D eigenvalue weighted by molar-refractivity contribution is 0.942. The highest BCUT2D eigenvalue weighted by atomic mass is 15.2. The van der Waals surface area contributed by atoms with E-state index in [1.807, 2.05) is 0 Å². The summed E-state index contributed by atoms with van der Waals surface area (Å²) in [5, 5.41) is 7.05. The standard InChI is InChI=1S/C53H35N5/c1-2-18-38(19-3-1)57-47-26-10-8-22-41(47)43-30-28-37(33-50(43)57)36-29-31-49-46(32-36)42-23-9-11-27-48(42)58(49)53-55-51(44-24-12-16-34-14-4-6-20-39(34)44)54-52(56-53)45-25-13-17-35-15-5-7-21-40(35)45/h1-6,8-20,22-33H,7,21H2. The molecule has 3 heterocycles. The fourth-order valence-corrected chi connectivity index (χ4v) is 9.19. The predicted molar refractivity (Wildman–Crippen MR) is 240 cm³/mol. The van der Waals surface area contributed by atoms with Gasteiger partial charge in [0.2, 0.25) is 5.95 Å². The van der Waals surface area contributed by atoms with Crippen molar-refractivity contribution in [2.24, 2.45) is 0 Å². The van der Waals surface area contributed by atoms with Gasteiger partial charge >= 0.3 is 0 Å². The quantitative estimate of drug-likeness (QED) is 0.176. The van der Waals surface area contributed by atoms with Crippen LogP contribution in [0.25, 0.3) is 106 Å². The topological polar surface area (TPSA) is 48.5 Å². The van der Waals surface area contributed by atoms with Crippen molar-refractivity contribution in [2.45, 2.75) is 12.8 Å². The number of hydrogen-bond donors (Lipinski definition) is 0. The average molecular weight is 742 g/mol. The fraction of sp³-hybridized carbons (Fsp3) is 0.0377. The molecule has 0 spiro atoms. The molecule has 0 aliphatic heterocycles. The van der Waals surface area contributed by atoms with Crippen LogP contribution in [0.4, 0.5) is 0 Å². The first-order chi connectivity index (χ1) is 28.8. The van der Waals surface area contributed by atoms with Crippen LogP contribution >= 0.6 is 0 Å². The minimum absolute atomic E-state index is 0.602. The highest BCUT2D eigenvalue weighted by Crippen LogP contribution is 2.39. The monoisotopic (exact) mass is 741 g/mol. The van der Waals surface area contributed by atoms with Crippen LogP contribution in [-0.4, -0.2) is 24.1 Å². The van der Waals surface area contributed by atoms with Gasteiger partial charge in [0.25, 0.3) is 0 Å². The highest BCUT2D eigenvalue weighted by Gasteiger charge is 2.22. The number of aromatic nitrogens is 5. The molecule has 0 fully saturated rings. The number of nitrogens with zero attached hydrogens (tertiary/aromatic N) is 5. The zero-order valence-corrected chi connectivity index (χ0v) is 31.5. The van der Waals surface area contributed by atoms with Crippen LogP contribution in [0.3, 0.4) is 0 Å². The van der Waals surface area contributed by atoms with Gasteiger partial charge in [-0.3, -0.25) is 4.57 Å². The molecule has 11 aromatic rings. The summed E-state index contributed by atoms with van der Waals surface area (Å²) in [5.41, 5.74) is 12.5. The number of rotatable bonds is 5. The lowest BCUT2D eigenvalue weighted by Gasteiger charge is -2.16. The normalized spacial score (nSPS) is 12.6. The molecule has 0 saturated carbocycles. The molecule has 0 unspecified atom stereocenters. The second-order valence-electron chi connectivity index (χ2n) is 15.1. The van der Waals surface area contributed by atoms with Crippen LogP contribution in [0.5, 0.6) is 0 Å². The SMILES string of the molecule is C1=Cc2cccc(-c3nc(-c4cccc5ccccc45)nc(-n4c5ccccc5c5cc(-c6ccc7c8ccccc8n(-c8ccccc8)c7c6)ccc54)n3)c2CC1. The Labute approximate surface area is 334 Å². The molecule has 58 heavy (non-hydrogen) atoms. The first-order valence-corrected chi connectivity index (χ1v) is 19.9. The molecule has 0 amide bonds. The van der Waals surface area contributed by atoms with E-state index >= 15 is 0 Å². The zero-order valence-electron chi connectivity index (χ0n) is 31.5. The molecule has 1 aliphatic rings. The summed E-state index contributed by atoms with van der Waals surface area (Å²) in [6, 6.07) is 62.9. The Balaban J connectivity index is 1.08. The third kappa shape index (κ3) is 5.07. The molecule has 1 aliphatic carbocycles. The molecule has 272 valence electrons. The summed E-state index contributed by atoms with van der Waals surface area (Å²) in [6.07, 6.45) is 6.41. The molecule has 0 bridgehead atoms.